The average molecular weight is 203 g/mol. The third-order valence-corrected chi connectivity index (χ3v) is 3.29. The van der Waals surface area contributed by atoms with E-state index in [0.717, 1.165) is 13.0 Å². The molecule has 80 valence electrons. The third-order valence-electron chi connectivity index (χ3n) is 3.29. The Kier molecular flexibility index (Phi) is 2.87. The van der Waals surface area contributed by atoms with Crippen LogP contribution in [0, 0.1) is 0 Å². The van der Waals surface area contributed by atoms with Gasteiger partial charge in [0.2, 0.25) is 0 Å². The van der Waals surface area contributed by atoms with E-state index in [2.05, 4.69) is 17.0 Å². The summed E-state index contributed by atoms with van der Waals surface area (Å²) in [6, 6.07) is 10.4. The van der Waals surface area contributed by atoms with Crippen molar-refractivity contribution in [3.8, 4) is 0 Å². The summed E-state index contributed by atoms with van der Waals surface area (Å²) in [5.41, 5.74) is 1.29. The molecule has 2 heteroatoms. The largest absolute Gasteiger partial charge is 0.298 e. The minimum Gasteiger partial charge on any atom is -0.298 e. The summed E-state index contributed by atoms with van der Waals surface area (Å²) in [6.45, 7) is 2.71. The molecule has 2 unspecified atom stereocenters. The Bertz CT molecular complexity index is 347. The van der Waals surface area contributed by atoms with Gasteiger partial charge in [-0.25, -0.2) is 0 Å². The smallest absolute Gasteiger partial charge is 0.147 e. The Balaban J connectivity index is 2.26. The minimum absolute atomic E-state index is 0.0763. The normalized spacial score (nSPS) is 26.8. The number of likely N-dealkylation sites (N-methyl/N-ethyl adjacent to an activating group) is 1. The van der Waals surface area contributed by atoms with Crippen LogP contribution in [0.25, 0.3) is 0 Å². The summed E-state index contributed by atoms with van der Waals surface area (Å²) < 4.78 is 0. The molecular formula is C13H17NO. The number of carbonyl (C=O) groups excluding carboxylic acids is 1. The van der Waals surface area contributed by atoms with Gasteiger partial charge < -0.3 is 0 Å². The second-order valence-electron chi connectivity index (χ2n) is 4.34. The molecule has 1 fully saturated rings. The lowest BCUT2D eigenvalue weighted by atomic mass is 9.90. The highest BCUT2D eigenvalue weighted by atomic mass is 16.1. The molecule has 1 aliphatic heterocycles. The van der Waals surface area contributed by atoms with Gasteiger partial charge in [-0.3, -0.25) is 9.69 Å². The van der Waals surface area contributed by atoms with E-state index in [9.17, 15) is 4.79 Å². The standard InChI is InChI=1S/C13H17NO/c1-10(15)13-12(8-9-14(13)2)11-6-4-3-5-7-11/h3-7,12-13H,8-9H2,1-2H3. The molecule has 1 aliphatic rings. The van der Waals surface area contributed by atoms with Crippen LogP contribution in [0.1, 0.15) is 24.8 Å². The fraction of sp³-hybridized carbons (Fsp3) is 0.462. The fourth-order valence-electron chi connectivity index (χ4n) is 2.59. The van der Waals surface area contributed by atoms with Gasteiger partial charge in [-0.15, -0.1) is 0 Å². The van der Waals surface area contributed by atoms with Crippen LogP contribution in [0.5, 0.6) is 0 Å². The predicted molar refractivity (Wildman–Crippen MR) is 60.9 cm³/mol. The van der Waals surface area contributed by atoms with Crippen LogP contribution < -0.4 is 0 Å². The van der Waals surface area contributed by atoms with Crippen molar-refractivity contribution in [2.75, 3.05) is 13.6 Å². The van der Waals surface area contributed by atoms with Gasteiger partial charge >= 0.3 is 0 Å². The topological polar surface area (TPSA) is 20.3 Å². The first-order valence-corrected chi connectivity index (χ1v) is 5.46. The van der Waals surface area contributed by atoms with Crippen molar-refractivity contribution in [1.29, 1.82) is 0 Å². The molecule has 15 heavy (non-hydrogen) atoms. The van der Waals surface area contributed by atoms with Gasteiger partial charge in [-0.05, 0) is 32.5 Å². The fourth-order valence-corrected chi connectivity index (χ4v) is 2.59. The molecule has 0 aliphatic carbocycles. The van der Waals surface area contributed by atoms with Gasteiger partial charge in [0, 0.05) is 5.92 Å². The first-order valence-electron chi connectivity index (χ1n) is 5.46. The lowest BCUT2D eigenvalue weighted by Crippen LogP contribution is -2.34. The first-order chi connectivity index (χ1) is 7.20. The van der Waals surface area contributed by atoms with Crippen LogP contribution in [0.2, 0.25) is 0 Å². The molecule has 0 aromatic heterocycles. The highest BCUT2D eigenvalue weighted by Crippen LogP contribution is 2.32. The van der Waals surface area contributed by atoms with Gasteiger partial charge in [0.05, 0.1) is 6.04 Å². The second kappa shape index (κ2) is 4.15. The average Bonchev–Trinajstić information content (AvgIpc) is 2.61. The number of likely N-dealkylation sites (tertiary alicyclic amines) is 1. The van der Waals surface area contributed by atoms with Crippen LogP contribution in [0.4, 0.5) is 0 Å². The highest BCUT2D eigenvalue weighted by Gasteiger charge is 2.35. The van der Waals surface area contributed by atoms with E-state index in [1.165, 1.54) is 5.56 Å². The van der Waals surface area contributed by atoms with Crippen molar-refractivity contribution in [3.05, 3.63) is 35.9 Å². The van der Waals surface area contributed by atoms with E-state index < -0.39 is 0 Å². The molecule has 1 aromatic carbocycles. The maximum absolute atomic E-state index is 11.6. The third kappa shape index (κ3) is 1.95. The van der Waals surface area contributed by atoms with E-state index in [-0.39, 0.29) is 11.8 Å². The number of benzene rings is 1. The number of rotatable bonds is 2. The molecule has 0 amide bonds. The van der Waals surface area contributed by atoms with Gasteiger partial charge in [0.1, 0.15) is 5.78 Å². The maximum Gasteiger partial charge on any atom is 0.147 e. The quantitative estimate of drug-likeness (QED) is 0.733. The number of Topliss-reactive ketones (excluding diaryl/α,β-unsaturated/α-hetero) is 1. The van der Waals surface area contributed by atoms with Gasteiger partial charge in [-0.2, -0.15) is 0 Å². The van der Waals surface area contributed by atoms with Crippen molar-refractivity contribution in [3.63, 3.8) is 0 Å². The Morgan fingerprint density at radius 1 is 1.33 bits per heavy atom. The maximum atomic E-state index is 11.6. The Hall–Kier alpha value is -1.15. The summed E-state index contributed by atoms with van der Waals surface area (Å²) in [4.78, 5) is 13.8. The summed E-state index contributed by atoms with van der Waals surface area (Å²) >= 11 is 0. The van der Waals surface area contributed by atoms with Crippen LogP contribution in [0.3, 0.4) is 0 Å². The van der Waals surface area contributed by atoms with Crippen molar-refractivity contribution in [1.82, 2.24) is 4.90 Å². The summed E-state index contributed by atoms with van der Waals surface area (Å²) in [7, 11) is 2.04. The number of hydrogen-bond acceptors (Lipinski definition) is 2. The molecule has 2 atom stereocenters. The molecule has 0 bridgehead atoms. The number of carbonyl (C=O) groups is 1. The minimum atomic E-state index is 0.0763. The van der Waals surface area contributed by atoms with Crippen LogP contribution >= 0.6 is 0 Å². The van der Waals surface area contributed by atoms with Crippen molar-refractivity contribution in [2.24, 2.45) is 0 Å². The summed E-state index contributed by atoms with van der Waals surface area (Å²) in [5, 5.41) is 0. The molecule has 2 rings (SSSR count). The lowest BCUT2D eigenvalue weighted by Gasteiger charge is -2.22. The second-order valence-corrected chi connectivity index (χ2v) is 4.34. The number of nitrogens with zero attached hydrogens (tertiary/aromatic N) is 1. The lowest BCUT2D eigenvalue weighted by molar-refractivity contribution is -0.121. The van der Waals surface area contributed by atoms with Crippen LogP contribution in [0.15, 0.2) is 30.3 Å². The van der Waals surface area contributed by atoms with Crippen molar-refractivity contribution >= 4 is 5.78 Å². The molecular weight excluding hydrogens is 186 g/mol. The predicted octanol–water partition coefficient (Wildman–Crippen LogP) is 2.06. The number of hydrogen-bond donors (Lipinski definition) is 0. The number of ketones is 1. The Morgan fingerprint density at radius 3 is 2.60 bits per heavy atom. The molecule has 0 spiro atoms. The van der Waals surface area contributed by atoms with Crippen LogP contribution in [-0.2, 0) is 4.79 Å². The summed E-state index contributed by atoms with van der Waals surface area (Å²) in [6.07, 6.45) is 1.09. The zero-order chi connectivity index (χ0) is 10.8. The van der Waals surface area contributed by atoms with Gasteiger partial charge in [0.15, 0.2) is 0 Å². The zero-order valence-corrected chi connectivity index (χ0v) is 9.31. The van der Waals surface area contributed by atoms with E-state index in [0.29, 0.717) is 5.92 Å². The van der Waals surface area contributed by atoms with Crippen LogP contribution in [-0.4, -0.2) is 30.3 Å². The highest BCUT2D eigenvalue weighted by molar-refractivity contribution is 5.83. The van der Waals surface area contributed by atoms with E-state index >= 15 is 0 Å². The molecule has 0 radical (unpaired) electrons. The van der Waals surface area contributed by atoms with Gasteiger partial charge in [-0.1, -0.05) is 30.3 Å². The molecule has 1 heterocycles. The SMILES string of the molecule is CC(=O)C1C(c2ccccc2)CCN1C. The Morgan fingerprint density at radius 2 is 2.00 bits per heavy atom. The van der Waals surface area contributed by atoms with Crippen molar-refractivity contribution in [2.45, 2.75) is 25.3 Å². The van der Waals surface area contributed by atoms with Crippen molar-refractivity contribution < 1.29 is 4.79 Å². The molecule has 0 saturated carbocycles. The molecule has 2 nitrogen and oxygen atoms in total. The Labute approximate surface area is 90.9 Å². The van der Waals surface area contributed by atoms with E-state index in [1.807, 2.05) is 25.2 Å². The first kappa shape index (κ1) is 10.4. The van der Waals surface area contributed by atoms with E-state index in [4.69, 9.17) is 0 Å². The van der Waals surface area contributed by atoms with Gasteiger partial charge in [0.25, 0.3) is 0 Å². The molecule has 1 saturated heterocycles. The zero-order valence-electron chi connectivity index (χ0n) is 9.31. The molecule has 0 N–H and O–H groups in total. The summed E-state index contributed by atoms with van der Waals surface area (Å²) in [5.74, 6) is 0.664. The monoisotopic (exact) mass is 203 g/mol. The molecule has 1 aromatic rings. The van der Waals surface area contributed by atoms with E-state index in [1.54, 1.807) is 6.92 Å².